The van der Waals surface area contributed by atoms with Crippen LogP contribution in [0.4, 0.5) is 5.69 Å². The monoisotopic (exact) mass is 251 g/mol. The van der Waals surface area contributed by atoms with Gasteiger partial charge in [0.25, 0.3) is 5.88 Å². The molecule has 0 amide bonds. The Morgan fingerprint density at radius 2 is 2.22 bits per heavy atom. The Bertz CT molecular complexity index is 456. The van der Waals surface area contributed by atoms with Gasteiger partial charge in [0.05, 0.1) is 10.5 Å². The minimum absolute atomic E-state index is 0.0664. The normalized spacial score (nSPS) is 17.7. The topological polar surface area (TPSA) is 91.3 Å². The maximum absolute atomic E-state index is 11.0. The summed E-state index contributed by atoms with van der Waals surface area (Å²) in [6.07, 6.45) is 5.47. The molecule has 0 spiro atoms. The number of hydrogen-bond donors (Lipinski definition) is 1. The van der Waals surface area contributed by atoms with Gasteiger partial charge in [0.15, 0.2) is 0 Å². The average molecular weight is 251 g/mol. The maximum atomic E-state index is 11.0. The fourth-order valence-corrected chi connectivity index (χ4v) is 2.29. The summed E-state index contributed by atoms with van der Waals surface area (Å²) in [4.78, 5) is 14.4. The lowest BCUT2D eigenvalue weighted by atomic mass is 10.0. The summed E-state index contributed by atoms with van der Waals surface area (Å²) in [5.41, 5.74) is 6.26. The van der Waals surface area contributed by atoms with Gasteiger partial charge < -0.3 is 10.5 Å². The van der Waals surface area contributed by atoms with Crippen molar-refractivity contribution in [3.63, 3.8) is 0 Å². The summed E-state index contributed by atoms with van der Waals surface area (Å²) in [5, 5.41) is 11.0. The predicted molar refractivity (Wildman–Crippen MR) is 66.5 cm³/mol. The molecule has 1 saturated carbocycles. The summed E-state index contributed by atoms with van der Waals surface area (Å²) in [6.45, 7) is 1.95. The molecule has 6 nitrogen and oxygen atoms in total. The van der Waals surface area contributed by atoms with Gasteiger partial charge in [-0.15, -0.1) is 0 Å². The molecule has 0 radical (unpaired) electrons. The van der Waals surface area contributed by atoms with Gasteiger partial charge in [-0.05, 0) is 25.8 Å². The Labute approximate surface area is 105 Å². The highest BCUT2D eigenvalue weighted by Gasteiger charge is 2.31. The SMILES string of the molecule is Cc1ccnc(OCC2(N)CCCC2)c1[N+](=O)[O-]. The van der Waals surface area contributed by atoms with Gasteiger partial charge in [0, 0.05) is 11.8 Å². The summed E-state index contributed by atoms with van der Waals surface area (Å²) in [5.74, 6) is 0.0664. The van der Waals surface area contributed by atoms with E-state index in [0.717, 1.165) is 25.7 Å². The Kier molecular flexibility index (Phi) is 3.47. The van der Waals surface area contributed by atoms with Crippen LogP contribution >= 0.6 is 0 Å². The van der Waals surface area contributed by atoms with Crippen molar-refractivity contribution < 1.29 is 9.66 Å². The molecule has 98 valence electrons. The first-order valence-corrected chi connectivity index (χ1v) is 6.03. The first-order valence-electron chi connectivity index (χ1n) is 6.03. The van der Waals surface area contributed by atoms with E-state index in [-0.39, 0.29) is 23.7 Å². The van der Waals surface area contributed by atoms with Crippen molar-refractivity contribution in [3.05, 3.63) is 27.9 Å². The second-order valence-electron chi connectivity index (χ2n) is 4.90. The van der Waals surface area contributed by atoms with Crippen molar-refractivity contribution in [1.29, 1.82) is 0 Å². The molecule has 0 bridgehead atoms. The molecule has 0 saturated heterocycles. The van der Waals surface area contributed by atoms with Crippen LogP contribution in [0.5, 0.6) is 5.88 Å². The minimum atomic E-state index is -0.463. The number of rotatable bonds is 4. The average Bonchev–Trinajstić information content (AvgIpc) is 2.73. The van der Waals surface area contributed by atoms with Gasteiger partial charge >= 0.3 is 5.69 Å². The molecule has 2 N–H and O–H groups in total. The van der Waals surface area contributed by atoms with Crippen LogP contribution in [0, 0.1) is 17.0 Å². The van der Waals surface area contributed by atoms with Gasteiger partial charge in [0.1, 0.15) is 6.61 Å². The van der Waals surface area contributed by atoms with Crippen LogP contribution in [-0.2, 0) is 0 Å². The second kappa shape index (κ2) is 4.89. The summed E-state index contributed by atoms with van der Waals surface area (Å²) in [6, 6.07) is 1.60. The summed E-state index contributed by atoms with van der Waals surface area (Å²) in [7, 11) is 0. The van der Waals surface area contributed by atoms with Gasteiger partial charge in [-0.2, -0.15) is 0 Å². The van der Waals surface area contributed by atoms with Crippen molar-refractivity contribution in [3.8, 4) is 5.88 Å². The molecule has 2 rings (SSSR count). The van der Waals surface area contributed by atoms with E-state index in [4.69, 9.17) is 10.5 Å². The highest BCUT2D eigenvalue weighted by Crippen LogP contribution is 2.31. The van der Waals surface area contributed by atoms with Gasteiger partial charge in [-0.25, -0.2) is 4.98 Å². The number of hydrogen-bond acceptors (Lipinski definition) is 5. The molecule has 1 fully saturated rings. The third kappa shape index (κ3) is 2.59. The Morgan fingerprint density at radius 3 is 2.83 bits per heavy atom. The first-order chi connectivity index (χ1) is 8.52. The fourth-order valence-electron chi connectivity index (χ4n) is 2.29. The van der Waals surface area contributed by atoms with E-state index in [1.807, 2.05) is 0 Å². The van der Waals surface area contributed by atoms with Crippen LogP contribution in [0.2, 0.25) is 0 Å². The third-order valence-corrected chi connectivity index (χ3v) is 3.37. The Balaban J connectivity index is 2.14. The number of aryl methyl sites for hydroxylation is 1. The van der Waals surface area contributed by atoms with Crippen LogP contribution in [0.15, 0.2) is 12.3 Å². The van der Waals surface area contributed by atoms with Crippen LogP contribution in [0.1, 0.15) is 31.2 Å². The Morgan fingerprint density at radius 1 is 1.56 bits per heavy atom. The number of pyridine rings is 1. The number of ether oxygens (including phenoxy) is 1. The van der Waals surface area contributed by atoms with E-state index in [2.05, 4.69) is 4.98 Å². The van der Waals surface area contributed by atoms with Crippen LogP contribution in [0.3, 0.4) is 0 Å². The fraction of sp³-hybridized carbons (Fsp3) is 0.583. The Hall–Kier alpha value is -1.69. The van der Waals surface area contributed by atoms with E-state index in [1.54, 1.807) is 13.0 Å². The quantitative estimate of drug-likeness (QED) is 0.652. The molecule has 18 heavy (non-hydrogen) atoms. The molecular weight excluding hydrogens is 234 g/mol. The highest BCUT2D eigenvalue weighted by molar-refractivity contribution is 5.47. The number of nitro groups is 1. The number of nitrogens with zero attached hydrogens (tertiary/aromatic N) is 2. The molecule has 1 aliphatic rings. The zero-order valence-corrected chi connectivity index (χ0v) is 10.4. The number of aromatic nitrogens is 1. The number of nitrogens with two attached hydrogens (primary N) is 1. The van der Waals surface area contributed by atoms with Crippen LogP contribution in [-0.4, -0.2) is 22.1 Å². The van der Waals surface area contributed by atoms with E-state index >= 15 is 0 Å². The molecule has 0 atom stereocenters. The third-order valence-electron chi connectivity index (χ3n) is 3.37. The lowest BCUT2D eigenvalue weighted by Gasteiger charge is -2.23. The van der Waals surface area contributed by atoms with Crippen molar-refractivity contribution >= 4 is 5.69 Å². The zero-order chi connectivity index (χ0) is 13.2. The van der Waals surface area contributed by atoms with Gasteiger partial charge in [-0.3, -0.25) is 10.1 Å². The van der Waals surface area contributed by atoms with E-state index in [9.17, 15) is 10.1 Å². The molecule has 1 aromatic heterocycles. The van der Waals surface area contributed by atoms with E-state index < -0.39 is 4.92 Å². The lowest BCUT2D eigenvalue weighted by molar-refractivity contribution is -0.386. The zero-order valence-electron chi connectivity index (χ0n) is 10.4. The van der Waals surface area contributed by atoms with Crippen molar-refractivity contribution in [2.24, 2.45) is 5.73 Å². The minimum Gasteiger partial charge on any atom is -0.471 e. The molecule has 0 aliphatic heterocycles. The van der Waals surface area contributed by atoms with Gasteiger partial charge in [0.2, 0.25) is 0 Å². The molecule has 1 heterocycles. The second-order valence-corrected chi connectivity index (χ2v) is 4.90. The molecule has 0 unspecified atom stereocenters. The lowest BCUT2D eigenvalue weighted by Crippen LogP contribution is -2.42. The van der Waals surface area contributed by atoms with Crippen molar-refractivity contribution in [2.75, 3.05) is 6.61 Å². The van der Waals surface area contributed by atoms with Gasteiger partial charge in [-0.1, -0.05) is 12.8 Å². The van der Waals surface area contributed by atoms with E-state index in [1.165, 1.54) is 6.20 Å². The first kappa shape index (κ1) is 12.8. The molecule has 6 heteroatoms. The highest BCUT2D eigenvalue weighted by atomic mass is 16.6. The molecular formula is C12H17N3O3. The standard InChI is InChI=1S/C12H17N3O3/c1-9-4-7-14-11(10(9)15(16)17)18-8-12(13)5-2-3-6-12/h4,7H,2-3,5-6,8,13H2,1H3. The smallest absolute Gasteiger partial charge is 0.333 e. The van der Waals surface area contributed by atoms with Crippen molar-refractivity contribution in [1.82, 2.24) is 4.98 Å². The summed E-state index contributed by atoms with van der Waals surface area (Å²) < 4.78 is 5.49. The van der Waals surface area contributed by atoms with E-state index in [0.29, 0.717) is 5.56 Å². The molecule has 0 aromatic carbocycles. The molecule has 1 aliphatic carbocycles. The maximum Gasteiger partial charge on any atom is 0.333 e. The van der Waals surface area contributed by atoms with Crippen molar-refractivity contribution in [2.45, 2.75) is 38.1 Å². The van der Waals surface area contributed by atoms with Crippen LogP contribution < -0.4 is 10.5 Å². The van der Waals surface area contributed by atoms with Crippen LogP contribution in [0.25, 0.3) is 0 Å². The largest absolute Gasteiger partial charge is 0.471 e. The predicted octanol–water partition coefficient (Wildman–Crippen LogP) is 1.95. The molecule has 1 aromatic rings. The summed E-state index contributed by atoms with van der Waals surface area (Å²) >= 11 is 0.